The third-order valence-corrected chi connectivity index (χ3v) is 4.36. The molecule has 0 spiro atoms. The number of phenols is 1. The normalized spacial score (nSPS) is 16.1. The van der Waals surface area contributed by atoms with E-state index in [1.54, 1.807) is 42.5 Å². The molecular weight excluding hydrogens is 431 g/mol. The van der Waals surface area contributed by atoms with Gasteiger partial charge in [0, 0.05) is 5.02 Å². The highest BCUT2D eigenvalue weighted by molar-refractivity contribution is 14.1. The molecule has 3 amide bonds. The van der Waals surface area contributed by atoms with Crippen molar-refractivity contribution in [1.29, 1.82) is 0 Å². The quantitative estimate of drug-likeness (QED) is 0.425. The number of imide groups is 1. The summed E-state index contributed by atoms with van der Waals surface area (Å²) >= 11 is 7.81. The van der Waals surface area contributed by atoms with Gasteiger partial charge >= 0.3 is 6.03 Å². The van der Waals surface area contributed by atoms with Crippen molar-refractivity contribution >= 4 is 57.9 Å². The number of benzene rings is 2. The first-order chi connectivity index (χ1) is 11.0. The van der Waals surface area contributed by atoms with Crippen molar-refractivity contribution in [3.8, 4) is 5.75 Å². The number of hydrogen-bond acceptors (Lipinski definition) is 3. The third kappa shape index (κ3) is 3.18. The lowest BCUT2D eigenvalue weighted by molar-refractivity contribution is -0.113. The highest BCUT2D eigenvalue weighted by Gasteiger charge is 2.34. The van der Waals surface area contributed by atoms with Crippen molar-refractivity contribution in [3.05, 3.63) is 62.3 Å². The van der Waals surface area contributed by atoms with E-state index in [-0.39, 0.29) is 11.4 Å². The number of phenolic OH excluding ortho intramolecular Hbond substituents is 1. The van der Waals surface area contributed by atoms with E-state index >= 15 is 0 Å². The van der Waals surface area contributed by atoms with Crippen LogP contribution in [0.4, 0.5) is 10.5 Å². The second-order valence-corrected chi connectivity index (χ2v) is 6.41. The molecule has 0 atom stereocenters. The summed E-state index contributed by atoms with van der Waals surface area (Å²) in [6.07, 6.45) is 1.57. The van der Waals surface area contributed by atoms with Gasteiger partial charge in [0.2, 0.25) is 0 Å². The maximum absolute atomic E-state index is 12.4. The number of rotatable bonds is 2. The molecule has 0 saturated carbocycles. The predicted molar refractivity (Wildman–Crippen MR) is 96.3 cm³/mol. The maximum Gasteiger partial charge on any atom is 0.333 e. The minimum atomic E-state index is -0.517. The molecule has 23 heavy (non-hydrogen) atoms. The fraction of sp³-hybridized carbons (Fsp3) is 0. The van der Waals surface area contributed by atoms with Gasteiger partial charge in [0.05, 0.1) is 9.26 Å². The van der Waals surface area contributed by atoms with Crippen molar-refractivity contribution < 1.29 is 14.7 Å². The number of carbonyl (C=O) groups is 2. The summed E-state index contributed by atoms with van der Waals surface area (Å²) in [6, 6.07) is 10.8. The van der Waals surface area contributed by atoms with Gasteiger partial charge in [0.15, 0.2) is 0 Å². The number of nitrogens with one attached hydrogen (secondary N) is 1. The number of anilines is 1. The first-order valence-electron chi connectivity index (χ1n) is 6.57. The van der Waals surface area contributed by atoms with Gasteiger partial charge in [-0.2, -0.15) is 0 Å². The standard InChI is InChI=1S/C16H10ClIN2O3/c17-10-2-4-11(5-3-10)20-15(22)13(19-16(20)23)8-9-1-6-14(21)12(18)7-9/h1-8,21H,(H,19,23)/b13-8+. The Kier molecular flexibility index (Phi) is 4.27. The van der Waals surface area contributed by atoms with Gasteiger partial charge in [0.1, 0.15) is 11.4 Å². The molecule has 7 heteroatoms. The van der Waals surface area contributed by atoms with Crippen LogP contribution in [0, 0.1) is 3.57 Å². The molecule has 0 aromatic heterocycles. The Balaban J connectivity index is 1.92. The maximum atomic E-state index is 12.4. The average molecular weight is 441 g/mol. The summed E-state index contributed by atoms with van der Waals surface area (Å²) in [5.74, 6) is -0.280. The van der Waals surface area contributed by atoms with E-state index < -0.39 is 11.9 Å². The number of nitrogens with zero attached hydrogens (tertiary/aromatic N) is 1. The molecule has 2 aromatic rings. The van der Waals surface area contributed by atoms with Crippen molar-refractivity contribution in [2.24, 2.45) is 0 Å². The van der Waals surface area contributed by atoms with Gasteiger partial charge in [0.25, 0.3) is 5.91 Å². The molecular formula is C16H10ClIN2O3. The first-order valence-corrected chi connectivity index (χ1v) is 8.02. The van der Waals surface area contributed by atoms with Crippen LogP contribution in [-0.2, 0) is 4.79 Å². The number of urea groups is 1. The minimum absolute atomic E-state index is 0.164. The fourth-order valence-electron chi connectivity index (χ4n) is 2.14. The lowest BCUT2D eigenvalue weighted by Gasteiger charge is -2.11. The van der Waals surface area contributed by atoms with Crippen molar-refractivity contribution in [1.82, 2.24) is 5.32 Å². The molecule has 1 aliphatic heterocycles. The first kappa shape index (κ1) is 15.8. The number of hydrogen-bond donors (Lipinski definition) is 2. The van der Waals surface area contributed by atoms with Gasteiger partial charge in [-0.1, -0.05) is 17.7 Å². The van der Waals surface area contributed by atoms with Crippen LogP contribution in [0.5, 0.6) is 5.75 Å². The third-order valence-electron chi connectivity index (χ3n) is 3.25. The zero-order chi connectivity index (χ0) is 16.6. The zero-order valence-corrected chi connectivity index (χ0v) is 14.5. The van der Waals surface area contributed by atoms with Gasteiger partial charge in [-0.3, -0.25) is 4.79 Å². The highest BCUT2D eigenvalue weighted by atomic mass is 127. The van der Waals surface area contributed by atoms with E-state index in [1.807, 2.05) is 22.6 Å². The molecule has 0 bridgehead atoms. The highest BCUT2D eigenvalue weighted by Crippen LogP contribution is 2.25. The SMILES string of the molecule is O=C1N/C(=C/c2ccc(O)c(I)c2)C(=O)N1c1ccc(Cl)cc1. The van der Waals surface area contributed by atoms with Crippen molar-refractivity contribution in [2.45, 2.75) is 0 Å². The van der Waals surface area contributed by atoms with Crippen LogP contribution < -0.4 is 10.2 Å². The molecule has 1 fully saturated rings. The molecule has 2 aromatic carbocycles. The van der Waals surface area contributed by atoms with Gasteiger partial charge in [-0.15, -0.1) is 0 Å². The largest absolute Gasteiger partial charge is 0.507 e. The summed E-state index contributed by atoms with van der Waals surface area (Å²) in [7, 11) is 0. The van der Waals surface area contributed by atoms with Crippen LogP contribution in [0.2, 0.25) is 5.02 Å². The molecule has 116 valence electrons. The van der Waals surface area contributed by atoms with Gasteiger partial charge < -0.3 is 10.4 Å². The summed E-state index contributed by atoms with van der Waals surface area (Å²) in [5, 5.41) is 12.6. The van der Waals surface area contributed by atoms with E-state index in [2.05, 4.69) is 5.32 Å². The van der Waals surface area contributed by atoms with Gasteiger partial charge in [-0.25, -0.2) is 9.69 Å². The Morgan fingerprint density at radius 3 is 2.48 bits per heavy atom. The molecule has 1 aliphatic rings. The zero-order valence-electron chi connectivity index (χ0n) is 11.6. The lowest BCUT2D eigenvalue weighted by atomic mass is 10.2. The van der Waals surface area contributed by atoms with Gasteiger partial charge in [-0.05, 0) is 70.6 Å². The number of halogens is 2. The van der Waals surface area contributed by atoms with Crippen LogP contribution in [-0.4, -0.2) is 17.0 Å². The lowest BCUT2D eigenvalue weighted by Crippen LogP contribution is -2.30. The average Bonchev–Trinajstić information content (AvgIpc) is 2.79. The Morgan fingerprint density at radius 2 is 1.83 bits per heavy atom. The van der Waals surface area contributed by atoms with E-state index in [1.165, 1.54) is 6.07 Å². The molecule has 2 N–H and O–H groups in total. The smallest absolute Gasteiger partial charge is 0.333 e. The van der Waals surface area contributed by atoms with E-state index in [9.17, 15) is 14.7 Å². The molecule has 0 unspecified atom stereocenters. The van der Waals surface area contributed by atoms with Crippen LogP contribution in [0.3, 0.4) is 0 Å². The topological polar surface area (TPSA) is 69.6 Å². The second kappa shape index (κ2) is 6.21. The van der Waals surface area contributed by atoms with Crippen LogP contribution in [0.25, 0.3) is 6.08 Å². The van der Waals surface area contributed by atoms with Crippen LogP contribution in [0.1, 0.15) is 5.56 Å². The Bertz CT molecular complexity index is 834. The Morgan fingerprint density at radius 1 is 1.13 bits per heavy atom. The number of carbonyl (C=O) groups excluding carboxylic acids is 2. The molecule has 1 saturated heterocycles. The van der Waals surface area contributed by atoms with E-state index in [0.29, 0.717) is 19.8 Å². The summed E-state index contributed by atoms with van der Waals surface area (Å²) < 4.78 is 0.656. The second-order valence-electron chi connectivity index (χ2n) is 4.82. The predicted octanol–water partition coefficient (Wildman–Crippen LogP) is 3.75. The Labute approximate surface area is 150 Å². The van der Waals surface area contributed by atoms with E-state index in [0.717, 1.165) is 4.90 Å². The number of aromatic hydroxyl groups is 1. The molecule has 0 radical (unpaired) electrons. The Hall–Kier alpha value is -2.06. The number of amides is 3. The molecule has 0 aliphatic carbocycles. The fourth-order valence-corrected chi connectivity index (χ4v) is 2.80. The summed E-state index contributed by atoms with van der Waals surface area (Å²) in [4.78, 5) is 25.6. The molecule has 1 heterocycles. The van der Waals surface area contributed by atoms with Crippen molar-refractivity contribution in [2.75, 3.05) is 4.90 Å². The summed E-state index contributed by atoms with van der Waals surface area (Å²) in [6.45, 7) is 0. The van der Waals surface area contributed by atoms with E-state index in [4.69, 9.17) is 11.6 Å². The van der Waals surface area contributed by atoms with Crippen LogP contribution >= 0.6 is 34.2 Å². The molecule has 3 rings (SSSR count). The monoisotopic (exact) mass is 440 g/mol. The molecule has 5 nitrogen and oxygen atoms in total. The van der Waals surface area contributed by atoms with Crippen molar-refractivity contribution in [3.63, 3.8) is 0 Å². The minimum Gasteiger partial charge on any atom is -0.507 e. The summed E-state index contributed by atoms with van der Waals surface area (Å²) in [5.41, 5.74) is 1.32. The van der Waals surface area contributed by atoms with Crippen LogP contribution in [0.15, 0.2) is 48.2 Å².